The van der Waals surface area contributed by atoms with Crippen LogP contribution in [-0.2, 0) is 24.3 Å². The quantitative estimate of drug-likeness (QED) is 0.258. The van der Waals surface area contributed by atoms with E-state index in [0.717, 1.165) is 10.5 Å². The number of aromatic nitrogens is 4. The smallest absolute Gasteiger partial charge is 0.394 e. The summed E-state index contributed by atoms with van der Waals surface area (Å²) in [5.74, 6) is -1.28. The van der Waals surface area contributed by atoms with Crippen LogP contribution in [0.3, 0.4) is 0 Å². The minimum Gasteiger partial charge on any atom is -0.394 e. The molecule has 3 N–H and O–H groups in total. The molecule has 1 aliphatic rings. The van der Waals surface area contributed by atoms with Crippen LogP contribution in [0.4, 0.5) is 36.3 Å². The van der Waals surface area contributed by atoms with Crippen molar-refractivity contribution in [2.45, 2.75) is 25.7 Å². The van der Waals surface area contributed by atoms with Crippen LogP contribution in [0.25, 0.3) is 11.1 Å². The SMILES string of the molecule is O=C(N1CCc2ccc(Nc3nc(Nc4cccc(Cl)c4Cl)ncc3-c3cnn(CCO)c3)cc2C1)C(F)(F)F. The highest BCUT2D eigenvalue weighted by Gasteiger charge is 2.43. The van der Waals surface area contributed by atoms with E-state index in [1.807, 2.05) is 6.07 Å². The molecule has 0 atom stereocenters. The zero-order valence-corrected chi connectivity index (χ0v) is 22.2. The molecule has 2 aromatic carbocycles. The molecule has 0 bridgehead atoms. The summed E-state index contributed by atoms with van der Waals surface area (Å²) in [6.45, 7) is 0.0460. The Balaban J connectivity index is 1.48. The van der Waals surface area contributed by atoms with E-state index in [0.29, 0.717) is 56.9 Å². The minimum absolute atomic E-state index is 0.00685. The Kier molecular flexibility index (Phi) is 7.83. The topological polar surface area (TPSA) is 108 Å². The van der Waals surface area contributed by atoms with Gasteiger partial charge in [0.25, 0.3) is 0 Å². The fourth-order valence-corrected chi connectivity index (χ4v) is 4.67. The van der Waals surface area contributed by atoms with Gasteiger partial charge in [-0.2, -0.15) is 23.3 Å². The number of anilines is 4. The molecule has 0 radical (unpaired) electrons. The molecule has 1 amide bonds. The number of benzene rings is 2. The van der Waals surface area contributed by atoms with E-state index in [2.05, 4.69) is 25.7 Å². The van der Waals surface area contributed by atoms with Crippen LogP contribution in [0, 0.1) is 0 Å². The number of fused-ring (bicyclic) bond motifs is 1. The van der Waals surface area contributed by atoms with Gasteiger partial charge in [0.15, 0.2) is 0 Å². The van der Waals surface area contributed by atoms with Crippen molar-refractivity contribution in [2.24, 2.45) is 0 Å². The van der Waals surface area contributed by atoms with Gasteiger partial charge in [0.05, 0.1) is 35.1 Å². The second-order valence-corrected chi connectivity index (χ2v) is 9.77. The van der Waals surface area contributed by atoms with Gasteiger partial charge in [-0.25, -0.2) is 4.98 Å². The number of carbonyl (C=O) groups excluding carboxylic acids is 1. The predicted molar refractivity (Wildman–Crippen MR) is 145 cm³/mol. The van der Waals surface area contributed by atoms with Crippen molar-refractivity contribution in [3.8, 4) is 11.1 Å². The maximum Gasteiger partial charge on any atom is 0.471 e. The highest BCUT2D eigenvalue weighted by Crippen LogP contribution is 2.34. The minimum atomic E-state index is -4.93. The number of amides is 1. The standard InChI is InChI=1S/C26H22Cl2F3N7O2/c27-20-2-1-3-21(22(20)28)35-25-32-12-19(17-11-33-38(14-17)8-9-39)23(36-25)34-18-5-4-15-6-7-37(13-16(15)10-18)24(40)26(29,30)31/h1-5,10-12,14,39H,6-9,13H2,(H2,32,34,35,36). The average molecular weight is 592 g/mol. The fourth-order valence-electron chi connectivity index (χ4n) is 4.32. The molecule has 1 aliphatic heterocycles. The molecule has 0 fully saturated rings. The summed E-state index contributed by atoms with van der Waals surface area (Å²) in [6, 6.07) is 10.4. The molecule has 0 aliphatic carbocycles. The molecule has 5 rings (SSSR count). The number of halogens is 5. The lowest BCUT2D eigenvalue weighted by molar-refractivity contribution is -0.186. The number of hydrogen-bond donors (Lipinski definition) is 3. The van der Waals surface area contributed by atoms with Gasteiger partial charge >= 0.3 is 12.1 Å². The lowest BCUT2D eigenvalue weighted by Gasteiger charge is -2.29. The largest absolute Gasteiger partial charge is 0.471 e. The van der Waals surface area contributed by atoms with E-state index in [-0.39, 0.29) is 25.6 Å². The van der Waals surface area contributed by atoms with Crippen molar-refractivity contribution in [1.29, 1.82) is 0 Å². The van der Waals surface area contributed by atoms with Crippen LogP contribution in [0.5, 0.6) is 0 Å². The van der Waals surface area contributed by atoms with Gasteiger partial charge in [-0.05, 0) is 41.8 Å². The number of hydrogen-bond acceptors (Lipinski definition) is 7. The van der Waals surface area contributed by atoms with E-state index < -0.39 is 12.1 Å². The van der Waals surface area contributed by atoms with E-state index >= 15 is 0 Å². The molecule has 2 aromatic heterocycles. The molecule has 0 saturated carbocycles. The van der Waals surface area contributed by atoms with Crippen molar-refractivity contribution in [3.63, 3.8) is 0 Å². The average Bonchev–Trinajstić information content (AvgIpc) is 3.38. The predicted octanol–water partition coefficient (Wildman–Crippen LogP) is 5.57. The van der Waals surface area contributed by atoms with Gasteiger partial charge in [0.1, 0.15) is 5.82 Å². The van der Waals surface area contributed by atoms with E-state index in [1.54, 1.807) is 53.6 Å². The summed E-state index contributed by atoms with van der Waals surface area (Å²) >= 11 is 12.4. The van der Waals surface area contributed by atoms with Gasteiger partial charge in [-0.15, -0.1) is 0 Å². The number of rotatable bonds is 7. The molecule has 0 unspecified atom stereocenters. The Hall–Kier alpha value is -3.87. The Morgan fingerprint density at radius 3 is 2.70 bits per heavy atom. The normalized spacial score (nSPS) is 13.2. The fraction of sp³-hybridized carbons (Fsp3) is 0.231. The van der Waals surface area contributed by atoms with Crippen LogP contribution in [-0.4, -0.2) is 55.0 Å². The van der Waals surface area contributed by atoms with Crippen molar-refractivity contribution in [1.82, 2.24) is 24.6 Å². The molecule has 3 heterocycles. The molecule has 208 valence electrons. The molecule has 4 aromatic rings. The maximum absolute atomic E-state index is 13.0. The Bertz CT molecular complexity index is 1560. The molecular formula is C26H22Cl2F3N7O2. The van der Waals surface area contributed by atoms with Crippen LogP contribution in [0.15, 0.2) is 55.0 Å². The van der Waals surface area contributed by atoms with Crippen LogP contribution in [0.2, 0.25) is 10.0 Å². The highest BCUT2D eigenvalue weighted by molar-refractivity contribution is 6.43. The molecular weight excluding hydrogens is 570 g/mol. The highest BCUT2D eigenvalue weighted by atomic mass is 35.5. The second kappa shape index (κ2) is 11.3. The monoisotopic (exact) mass is 591 g/mol. The molecule has 9 nitrogen and oxygen atoms in total. The summed E-state index contributed by atoms with van der Waals surface area (Å²) in [6.07, 6.45) is 0.300. The summed E-state index contributed by atoms with van der Waals surface area (Å²) in [5, 5.41) is 20.4. The first-order valence-corrected chi connectivity index (χ1v) is 12.8. The first-order chi connectivity index (χ1) is 19.1. The Morgan fingerprint density at radius 2 is 1.93 bits per heavy atom. The number of carbonyl (C=O) groups is 1. The third-order valence-corrected chi connectivity index (χ3v) is 7.09. The molecule has 40 heavy (non-hydrogen) atoms. The maximum atomic E-state index is 13.0. The number of nitrogens with zero attached hydrogens (tertiary/aromatic N) is 5. The number of aliphatic hydroxyl groups excluding tert-OH is 1. The van der Waals surface area contributed by atoms with Gasteiger partial charge in [-0.3, -0.25) is 9.48 Å². The third kappa shape index (κ3) is 5.98. The zero-order chi connectivity index (χ0) is 28.4. The van der Waals surface area contributed by atoms with E-state index in [4.69, 9.17) is 23.2 Å². The molecule has 0 spiro atoms. The number of nitrogens with one attached hydrogen (secondary N) is 2. The lowest BCUT2D eigenvalue weighted by atomic mass is 9.99. The Labute approximate surface area is 236 Å². The van der Waals surface area contributed by atoms with Gasteiger partial charge in [0.2, 0.25) is 5.95 Å². The molecule has 14 heteroatoms. The first-order valence-electron chi connectivity index (χ1n) is 12.1. The summed E-state index contributed by atoms with van der Waals surface area (Å²) in [7, 11) is 0. The van der Waals surface area contributed by atoms with Gasteiger partial charge in [-0.1, -0.05) is 35.3 Å². The van der Waals surface area contributed by atoms with Crippen molar-refractivity contribution >= 4 is 52.3 Å². The van der Waals surface area contributed by atoms with Crippen molar-refractivity contribution < 1.29 is 23.1 Å². The zero-order valence-electron chi connectivity index (χ0n) is 20.7. The van der Waals surface area contributed by atoms with Crippen LogP contribution < -0.4 is 10.6 Å². The van der Waals surface area contributed by atoms with E-state index in [9.17, 15) is 23.1 Å². The van der Waals surface area contributed by atoms with Crippen molar-refractivity contribution in [2.75, 3.05) is 23.8 Å². The van der Waals surface area contributed by atoms with Crippen LogP contribution >= 0.6 is 23.2 Å². The summed E-state index contributed by atoms with van der Waals surface area (Å²) in [4.78, 5) is 21.6. The van der Waals surface area contributed by atoms with Crippen molar-refractivity contribution in [3.05, 3.63) is 76.2 Å². The number of alkyl halides is 3. The van der Waals surface area contributed by atoms with Gasteiger partial charge < -0.3 is 20.6 Å². The summed E-state index contributed by atoms with van der Waals surface area (Å²) < 4.78 is 40.6. The van der Waals surface area contributed by atoms with Crippen LogP contribution in [0.1, 0.15) is 11.1 Å². The molecule has 0 saturated heterocycles. The van der Waals surface area contributed by atoms with E-state index in [1.165, 1.54) is 0 Å². The number of aliphatic hydroxyl groups is 1. The van der Waals surface area contributed by atoms with Gasteiger partial charge in [0, 0.05) is 42.3 Å². The second-order valence-electron chi connectivity index (χ2n) is 8.98. The third-order valence-electron chi connectivity index (χ3n) is 6.27. The lowest BCUT2D eigenvalue weighted by Crippen LogP contribution is -2.43. The summed E-state index contributed by atoms with van der Waals surface area (Å²) in [5.41, 5.74) is 3.76. The first kappa shape index (κ1) is 27.7. The Morgan fingerprint density at radius 1 is 1.10 bits per heavy atom.